The van der Waals surface area contributed by atoms with Gasteiger partial charge < -0.3 is 11.1 Å². The third-order valence-electron chi connectivity index (χ3n) is 2.10. The van der Waals surface area contributed by atoms with Crippen molar-refractivity contribution >= 4 is 22.4 Å². The number of amides is 1. The molecule has 0 atom stereocenters. The smallest absolute Gasteiger partial charge is 0.279 e. The summed E-state index contributed by atoms with van der Waals surface area (Å²) in [5.41, 5.74) is 6.50. The van der Waals surface area contributed by atoms with Crippen LogP contribution in [0.15, 0.2) is 24.3 Å². The van der Waals surface area contributed by atoms with Crippen LogP contribution in [0, 0.1) is 5.82 Å². The highest BCUT2D eigenvalue weighted by atomic mass is 32.1. The molecular formula is C10H10FN4OS+. The number of nitrogens with one attached hydrogen (secondary N) is 1. The maximum Gasteiger partial charge on any atom is 0.279 e. The van der Waals surface area contributed by atoms with E-state index in [0.717, 1.165) is 11.5 Å². The fourth-order valence-corrected chi connectivity index (χ4v) is 2.01. The lowest BCUT2D eigenvalue weighted by molar-refractivity contribution is -0.588. The number of benzene rings is 1. The van der Waals surface area contributed by atoms with Gasteiger partial charge >= 0.3 is 0 Å². The van der Waals surface area contributed by atoms with Gasteiger partial charge in [-0.15, -0.1) is 0 Å². The summed E-state index contributed by atoms with van der Waals surface area (Å²) in [5.74, 6) is -0.676. The fraction of sp³-hybridized carbons (Fsp3) is 0.100. The molecule has 5 nitrogen and oxygen atoms in total. The van der Waals surface area contributed by atoms with Gasteiger partial charge in [0.15, 0.2) is 16.5 Å². The van der Waals surface area contributed by atoms with Gasteiger partial charge in [0.1, 0.15) is 5.82 Å². The first-order chi connectivity index (χ1) is 8.11. The third-order valence-corrected chi connectivity index (χ3v) is 2.95. The number of anilines is 1. The first-order valence-electron chi connectivity index (χ1n) is 4.79. The van der Waals surface area contributed by atoms with Gasteiger partial charge in [0.25, 0.3) is 11.6 Å². The number of aromatic nitrogens is 2. The van der Waals surface area contributed by atoms with E-state index in [4.69, 9.17) is 5.73 Å². The lowest BCUT2D eigenvalue weighted by Gasteiger charge is -1.90. The monoisotopic (exact) mass is 253 g/mol. The van der Waals surface area contributed by atoms with Gasteiger partial charge in [-0.2, -0.15) is 0 Å². The molecule has 0 spiro atoms. The topological polar surface area (TPSA) is 71.9 Å². The van der Waals surface area contributed by atoms with Crippen LogP contribution in [0.5, 0.6) is 0 Å². The van der Waals surface area contributed by atoms with E-state index in [1.54, 1.807) is 12.1 Å². The van der Waals surface area contributed by atoms with Crippen LogP contribution in [0.3, 0.4) is 0 Å². The highest BCUT2D eigenvalue weighted by Gasteiger charge is 2.23. The zero-order valence-electron chi connectivity index (χ0n) is 8.98. The molecule has 0 saturated heterocycles. The van der Waals surface area contributed by atoms with E-state index in [2.05, 4.69) is 10.4 Å². The Kier molecular flexibility index (Phi) is 3.01. The second-order valence-electron chi connectivity index (χ2n) is 3.23. The Morgan fingerprint density at radius 2 is 2.12 bits per heavy atom. The molecule has 1 aromatic carbocycles. The molecule has 0 aliphatic heterocycles. The number of nitrogens with zero attached hydrogens (tertiary/aromatic N) is 2. The van der Waals surface area contributed by atoms with Crippen LogP contribution in [-0.2, 0) is 0 Å². The number of rotatable bonds is 2. The average Bonchev–Trinajstić information content (AvgIpc) is 2.71. The van der Waals surface area contributed by atoms with Crippen LogP contribution < -0.4 is 15.1 Å². The van der Waals surface area contributed by atoms with Gasteiger partial charge in [-0.3, -0.25) is 4.79 Å². The summed E-state index contributed by atoms with van der Waals surface area (Å²) >= 11 is 1.12. The lowest BCUT2D eigenvalue weighted by Crippen LogP contribution is -2.31. The van der Waals surface area contributed by atoms with Gasteiger partial charge in [-0.1, -0.05) is 0 Å². The fourth-order valence-electron chi connectivity index (χ4n) is 1.25. The summed E-state index contributed by atoms with van der Waals surface area (Å²) in [6, 6.07) is 5.76. The van der Waals surface area contributed by atoms with Gasteiger partial charge in [-0.05, 0) is 12.1 Å². The molecule has 0 bridgehead atoms. The number of hydrogen-bond acceptors (Lipinski definition) is 4. The lowest BCUT2D eigenvalue weighted by atomic mass is 10.3. The second kappa shape index (κ2) is 4.46. The molecule has 17 heavy (non-hydrogen) atoms. The Morgan fingerprint density at radius 1 is 1.47 bits per heavy atom. The maximum absolute atomic E-state index is 12.8. The summed E-state index contributed by atoms with van der Waals surface area (Å²) in [5, 5.41) is 6.82. The van der Waals surface area contributed by atoms with Crippen molar-refractivity contribution in [2.24, 2.45) is 0 Å². The van der Waals surface area contributed by atoms with E-state index < -0.39 is 0 Å². The SMILES string of the molecule is CNC(=O)c1n[n+](-c2ccc(F)cc2)sc1N. The van der Waals surface area contributed by atoms with Crippen molar-refractivity contribution in [3.05, 3.63) is 35.8 Å². The first-order valence-corrected chi connectivity index (χ1v) is 5.56. The molecular weight excluding hydrogens is 243 g/mol. The van der Waals surface area contributed by atoms with E-state index in [0.29, 0.717) is 10.7 Å². The molecule has 0 aliphatic carbocycles. The van der Waals surface area contributed by atoms with E-state index in [-0.39, 0.29) is 17.4 Å². The number of halogens is 1. The van der Waals surface area contributed by atoms with E-state index >= 15 is 0 Å². The molecule has 3 N–H and O–H groups in total. The molecule has 2 aromatic rings. The van der Waals surface area contributed by atoms with E-state index in [9.17, 15) is 9.18 Å². The Hall–Kier alpha value is -2.02. The Balaban J connectivity index is 2.41. The molecule has 0 aliphatic rings. The number of nitrogen functional groups attached to an aromatic ring is 1. The zero-order valence-corrected chi connectivity index (χ0v) is 9.79. The zero-order chi connectivity index (χ0) is 12.4. The van der Waals surface area contributed by atoms with Crippen molar-refractivity contribution in [3.63, 3.8) is 0 Å². The van der Waals surface area contributed by atoms with Crippen LogP contribution in [0.25, 0.3) is 5.69 Å². The van der Waals surface area contributed by atoms with Gasteiger partial charge in [0.05, 0.1) is 0 Å². The number of carbonyl (C=O) groups is 1. The third kappa shape index (κ3) is 2.23. The van der Waals surface area contributed by atoms with Gasteiger partial charge in [-0.25, -0.2) is 4.39 Å². The van der Waals surface area contributed by atoms with Crippen LogP contribution >= 0.6 is 11.5 Å². The molecule has 7 heteroatoms. The summed E-state index contributed by atoms with van der Waals surface area (Å²) in [7, 11) is 1.50. The van der Waals surface area contributed by atoms with Gasteiger partial charge in [0, 0.05) is 28.4 Å². The van der Waals surface area contributed by atoms with Crippen molar-refractivity contribution in [1.29, 1.82) is 0 Å². The van der Waals surface area contributed by atoms with Crippen LogP contribution in [0.1, 0.15) is 10.5 Å². The minimum Gasteiger partial charge on any atom is -0.384 e. The van der Waals surface area contributed by atoms with Crippen LogP contribution in [0.2, 0.25) is 0 Å². The van der Waals surface area contributed by atoms with Crippen molar-refractivity contribution in [3.8, 4) is 5.69 Å². The highest BCUT2D eigenvalue weighted by molar-refractivity contribution is 7.06. The quantitative estimate of drug-likeness (QED) is 0.766. The van der Waals surface area contributed by atoms with Crippen molar-refractivity contribution in [1.82, 2.24) is 10.4 Å². The minimum absolute atomic E-state index is 0.168. The number of carbonyl (C=O) groups excluding carboxylic acids is 1. The van der Waals surface area contributed by atoms with E-state index in [1.165, 1.54) is 23.3 Å². The number of hydrogen-bond donors (Lipinski definition) is 2. The van der Waals surface area contributed by atoms with Crippen molar-refractivity contribution < 1.29 is 13.3 Å². The predicted octanol–water partition coefficient (Wildman–Crippen LogP) is 0.501. The molecule has 1 heterocycles. The van der Waals surface area contributed by atoms with E-state index in [1.807, 2.05) is 0 Å². The van der Waals surface area contributed by atoms with Crippen molar-refractivity contribution in [2.75, 3.05) is 12.8 Å². The minimum atomic E-state index is -0.348. The second-order valence-corrected chi connectivity index (χ2v) is 4.20. The summed E-state index contributed by atoms with van der Waals surface area (Å²) in [4.78, 5) is 11.4. The molecule has 0 unspecified atom stereocenters. The van der Waals surface area contributed by atoms with Gasteiger partial charge in [0.2, 0.25) is 5.69 Å². The summed E-state index contributed by atoms with van der Waals surface area (Å²) in [6.07, 6.45) is 0. The average molecular weight is 253 g/mol. The first kappa shape index (κ1) is 11.5. The van der Waals surface area contributed by atoms with Crippen LogP contribution in [-0.4, -0.2) is 18.1 Å². The molecule has 0 fully saturated rings. The maximum atomic E-state index is 12.8. The largest absolute Gasteiger partial charge is 0.384 e. The summed E-state index contributed by atoms with van der Waals surface area (Å²) in [6.45, 7) is 0. The molecule has 1 aromatic heterocycles. The summed E-state index contributed by atoms with van der Waals surface area (Å²) < 4.78 is 14.2. The Morgan fingerprint density at radius 3 is 2.71 bits per heavy atom. The molecule has 0 radical (unpaired) electrons. The van der Waals surface area contributed by atoms with Crippen LogP contribution in [0.4, 0.5) is 9.39 Å². The van der Waals surface area contributed by atoms with Crippen molar-refractivity contribution in [2.45, 2.75) is 0 Å². The Labute approximate surface area is 101 Å². The standard InChI is InChI=1S/C10H9FN4OS/c1-13-10(16)8-9(12)17-15(14-8)7-4-2-6(11)3-5-7/h2-5,12H,1H3,(H,13,16)/p+1. The Bertz CT molecular complexity index is 552. The normalized spacial score (nSPS) is 10.2. The predicted molar refractivity (Wildman–Crippen MR) is 61.4 cm³/mol. The molecule has 88 valence electrons. The molecule has 0 saturated carbocycles. The molecule has 1 amide bonds. The number of nitrogens with two attached hydrogens (primary N) is 1. The highest BCUT2D eigenvalue weighted by Crippen LogP contribution is 2.13. The molecule has 2 rings (SSSR count).